The van der Waals surface area contributed by atoms with Crippen LogP contribution in [0.3, 0.4) is 0 Å². The Morgan fingerprint density at radius 3 is 2.31 bits per heavy atom. The summed E-state index contributed by atoms with van der Waals surface area (Å²) in [6.07, 6.45) is 0. The molecule has 0 fully saturated rings. The maximum absolute atomic E-state index is 13.1. The van der Waals surface area contributed by atoms with E-state index in [1.54, 1.807) is 14.0 Å². The van der Waals surface area contributed by atoms with Gasteiger partial charge in [-0.3, -0.25) is 9.59 Å². The van der Waals surface area contributed by atoms with E-state index < -0.39 is 6.04 Å². The van der Waals surface area contributed by atoms with Crippen molar-refractivity contribution in [3.63, 3.8) is 0 Å². The van der Waals surface area contributed by atoms with Gasteiger partial charge in [-0.05, 0) is 70.6 Å². The van der Waals surface area contributed by atoms with Gasteiger partial charge < -0.3 is 19.7 Å². The molecule has 0 heterocycles. The largest absolute Gasteiger partial charge is 0.497 e. The molecule has 0 bridgehead atoms. The van der Waals surface area contributed by atoms with Crippen LogP contribution in [0, 0.1) is 0 Å². The smallest absolute Gasteiger partial charge is 0.261 e. The van der Waals surface area contributed by atoms with Gasteiger partial charge in [0.15, 0.2) is 6.61 Å². The van der Waals surface area contributed by atoms with Crippen LogP contribution in [-0.4, -0.2) is 43.0 Å². The van der Waals surface area contributed by atoms with Gasteiger partial charge in [0.2, 0.25) is 5.91 Å². The Balaban J connectivity index is 2.17. The summed E-state index contributed by atoms with van der Waals surface area (Å²) < 4.78 is 11.8. The third-order valence-corrected chi connectivity index (χ3v) is 5.80. The SMILES string of the molecule is CCNC(=O)C(C)N(Cc1ccc(OC)cc1)C(=O)COc1ccc(C(C)(C)C)cc1Br. The van der Waals surface area contributed by atoms with Crippen LogP contribution in [0.25, 0.3) is 0 Å². The van der Waals surface area contributed by atoms with Gasteiger partial charge in [0.25, 0.3) is 5.91 Å². The van der Waals surface area contributed by atoms with Crippen molar-refractivity contribution in [1.82, 2.24) is 10.2 Å². The number of halogens is 1. The topological polar surface area (TPSA) is 67.9 Å². The average Bonchev–Trinajstić information content (AvgIpc) is 2.75. The first kappa shape index (κ1) is 25.7. The maximum atomic E-state index is 13.1. The molecular formula is C25H33BrN2O4. The van der Waals surface area contributed by atoms with Crippen molar-refractivity contribution in [2.24, 2.45) is 0 Å². The normalized spacial score (nSPS) is 12.1. The molecule has 0 aromatic heterocycles. The van der Waals surface area contributed by atoms with Crippen molar-refractivity contribution >= 4 is 27.7 Å². The van der Waals surface area contributed by atoms with Gasteiger partial charge in [0, 0.05) is 13.1 Å². The van der Waals surface area contributed by atoms with E-state index in [1.807, 2.05) is 49.4 Å². The van der Waals surface area contributed by atoms with Crippen molar-refractivity contribution in [2.45, 2.75) is 52.6 Å². The first-order chi connectivity index (χ1) is 15.1. The minimum atomic E-state index is -0.639. The number of nitrogens with zero attached hydrogens (tertiary/aromatic N) is 1. The molecule has 2 aromatic rings. The minimum absolute atomic E-state index is 0.00804. The summed E-state index contributed by atoms with van der Waals surface area (Å²) >= 11 is 3.54. The zero-order valence-corrected chi connectivity index (χ0v) is 21.3. The quantitative estimate of drug-likeness (QED) is 0.537. The number of amides is 2. The summed E-state index contributed by atoms with van der Waals surface area (Å²) in [4.78, 5) is 27.1. The summed E-state index contributed by atoms with van der Waals surface area (Å²) in [5.74, 6) is 0.841. The lowest BCUT2D eigenvalue weighted by molar-refractivity contribution is -0.142. The van der Waals surface area contributed by atoms with E-state index in [1.165, 1.54) is 4.90 Å². The fourth-order valence-electron chi connectivity index (χ4n) is 3.14. The van der Waals surface area contributed by atoms with E-state index in [0.717, 1.165) is 21.3 Å². The first-order valence-corrected chi connectivity index (χ1v) is 11.5. The minimum Gasteiger partial charge on any atom is -0.497 e. The van der Waals surface area contributed by atoms with Crippen molar-refractivity contribution in [3.05, 3.63) is 58.1 Å². The molecule has 0 spiro atoms. The molecule has 0 aliphatic carbocycles. The van der Waals surface area contributed by atoms with Gasteiger partial charge in [-0.2, -0.15) is 0 Å². The van der Waals surface area contributed by atoms with Crippen molar-refractivity contribution in [3.8, 4) is 11.5 Å². The van der Waals surface area contributed by atoms with E-state index in [2.05, 4.69) is 42.0 Å². The van der Waals surface area contributed by atoms with Gasteiger partial charge in [-0.25, -0.2) is 0 Å². The number of likely N-dealkylation sites (N-methyl/N-ethyl adjacent to an activating group) is 1. The lowest BCUT2D eigenvalue weighted by atomic mass is 9.87. The second-order valence-electron chi connectivity index (χ2n) is 8.62. The molecule has 7 heteroatoms. The fraction of sp³-hybridized carbons (Fsp3) is 0.440. The highest BCUT2D eigenvalue weighted by atomic mass is 79.9. The van der Waals surface area contributed by atoms with Crippen LogP contribution >= 0.6 is 15.9 Å². The summed E-state index contributed by atoms with van der Waals surface area (Å²) in [5.41, 5.74) is 2.06. The van der Waals surface area contributed by atoms with Crippen LogP contribution < -0.4 is 14.8 Å². The number of carbonyl (C=O) groups is 2. The fourth-order valence-corrected chi connectivity index (χ4v) is 3.63. The lowest BCUT2D eigenvalue weighted by Gasteiger charge is -2.29. The molecule has 1 N–H and O–H groups in total. The van der Waals surface area contributed by atoms with Gasteiger partial charge in [0.1, 0.15) is 17.5 Å². The molecule has 6 nitrogen and oxygen atoms in total. The highest BCUT2D eigenvalue weighted by Gasteiger charge is 2.26. The van der Waals surface area contributed by atoms with Gasteiger partial charge in [-0.15, -0.1) is 0 Å². The predicted molar refractivity (Wildman–Crippen MR) is 130 cm³/mol. The Hall–Kier alpha value is -2.54. The molecular weight excluding hydrogens is 472 g/mol. The summed E-state index contributed by atoms with van der Waals surface area (Å²) in [6, 6.07) is 12.7. The Kier molecular flexibility index (Phi) is 9.13. The molecule has 1 atom stereocenters. The van der Waals surface area contributed by atoms with Crippen LogP contribution in [0.4, 0.5) is 0 Å². The molecule has 174 valence electrons. The summed E-state index contributed by atoms with van der Waals surface area (Å²) in [6.45, 7) is 10.6. The molecule has 32 heavy (non-hydrogen) atoms. The third kappa shape index (κ3) is 6.99. The zero-order chi connectivity index (χ0) is 23.9. The highest BCUT2D eigenvalue weighted by molar-refractivity contribution is 9.10. The Morgan fingerprint density at radius 2 is 1.78 bits per heavy atom. The van der Waals surface area contributed by atoms with Crippen LogP contribution in [0.2, 0.25) is 0 Å². The number of benzene rings is 2. The summed E-state index contributed by atoms with van der Waals surface area (Å²) in [7, 11) is 1.60. The third-order valence-electron chi connectivity index (χ3n) is 5.18. The Labute approximate surface area is 199 Å². The number of rotatable bonds is 9. The highest BCUT2D eigenvalue weighted by Crippen LogP contribution is 2.31. The summed E-state index contributed by atoms with van der Waals surface area (Å²) in [5, 5.41) is 2.79. The number of carbonyl (C=O) groups excluding carboxylic acids is 2. The monoisotopic (exact) mass is 504 g/mol. The number of ether oxygens (including phenoxy) is 2. The van der Waals surface area contributed by atoms with E-state index in [0.29, 0.717) is 12.3 Å². The molecule has 0 saturated heterocycles. The maximum Gasteiger partial charge on any atom is 0.261 e. The van der Waals surface area contributed by atoms with Crippen molar-refractivity contribution in [1.29, 1.82) is 0 Å². The zero-order valence-electron chi connectivity index (χ0n) is 19.7. The van der Waals surface area contributed by atoms with E-state index in [-0.39, 0.29) is 30.4 Å². The predicted octanol–water partition coefficient (Wildman–Crippen LogP) is 4.69. The van der Waals surface area contributed by atoms with E-state index in [9.17, 15) is 9.59 Å². The standard InChI is InChI=1S/C25H33BrN2O4/c1-7-27-24(30)17(2)28(15-18-8-11-20(31-6)12-9-18)23(29)16-32-22-13-10-19(14-21(22)26)25(3,4)5/h8-14,17H,7,15-16H2,1-6H3,(H,27,30). The van der Waals surface area contributed by atoms with Crippen molar-refractivity contribution < 1.29 is 19.1 Å². The number of methoxy groups -OCH3 is 1. The molecule has 1 unspecified atom stereocenters. The average molecular weight is 505 g/mol. The first-order valence-electron chi connectivity index (χ1n) is 10.7. The second-order valence-corrected chi connectivity index (χ2v) is 9.48. The molecule has 2 rings (SSSR count). The number of hydrogen-bond donors (Lipinski definition) is 1. The van der Waals surface area contributed by atoms with Gasteiger partial charge >= 0.3 is 0 Å². The molecule has 0 radical (unpaired) electrons. The second kappa shape index (κ2) is 11.4. The van der Waals surface area contributed by atoms with Gasteiger partial charge in [0.05, 0.1) is 11.6 Å². The number of nitrogens with one attached hydrogen (secondary N) is 1. The Morgan fingerprint density at radius 1 is 1.12 bits per heavy atom. The van der Waals surface area contributed by atoms with Crippen LogP contribution in [0.15, 0.2) is 46.9 Å². The molecule has 2 amide bonds. The van der Waals surface area contributed by atoms with Crippen LogP contribution in [-0.2, 0) is 21.5 Å². The number of hydrogen-bond acceptors (Lipinski definition) is 4. The van der Waals surface area contributed by atoms with Crippen LogP contribution in [0.5, 0.6) is 11.5 Å². The molecule has 0 saturated carbocycles. The van der Waals surface area contributed by atoms with E-state index in [4.69, 9.17) is 9.47 Å². The molecule has 0 aliphatic heterocycles. The molecule has 2 aromatic carbocycles. The van der Waals surface area contributed by atoms with Gasteiger partial charge in [-0.1, -0.05) is 39.0 Å². The van der Waals surface area contributed by atoms with E-state index >= 15 is 0 Å². The Bertz CT molecular complexity index is 923. The van der Waals surface area contributed by atoms with Crippen LogP contribution in [0.1, 0.15) is 45.7 Å². The van der Waals surface area contributed by atoms with Crippen molar-refractivity contribution in [2.75, 3.05) is 20.3 Å². The lowest BCUT2D eigenvalue weighted by Crippen LogP contribution is -2.49. The molecule has 0 aliphatic rings.